The van der Waals surface area contributed by atoms with E-state index in [9.17, 15) is 4.79 Å². The molecule has 0 saturated heterocycles. The van der Waals surface area contributed by atoms with E-state index in [0.29, 0.717) is 6.42 Å². The number of hydrogen-bond donors (Lipinski definition) is 10. The van der Waals surface area contributed by atoms with E-state index in [0.717, 1.165) is 25.7 Å². The Bertz CT molecular complexity index is 443. The monoisotopic (exact) mass is 526 g/mol. The smallest absolute Gasteiger partial charge is 0.481 e. The molecule has 0 aliphatic rings. The van der Waals surface area contributed by atoms with Crippen LogP contribution in [0.1, 0.15) is 84.0 Å². The summed E-state index contributed by atoms with van der Waals surface area (Å²) in [6.45, 7) is 0.776. The van der Waals surface area contributed by atoms with E-state index >= 15 is 0 Å². The van der Waals surface area contributed by atoms with Crippen molar-refractivity contribution in [2.45, 2.75) is 96.2 Å². The molecule has 0 atom stereocenters. The molecule has 10 N–H and O–H groups in total. The zero-order valence-corrected chi connectivity index (χ0v) is 21.7. The number of carboxylic acids is 1. The fourth-order valence-corrected chi connectivity index (χ4v) is 2.20. The number of rotatable bonds is 18. The molecule has 0 spiro atoms. The molecule has 0 radical (unpaired) electrons. The molecule has 0 heterocycles. The average molecular weight is 526 g/mol. The molecule has 12 heteroatoms. The number of hydrogen-bond acceptors (Lipinski definition) is 10. The third kappa shape index (κ3) is 58.5. The van der Waals surface area contributed by atoms with Crippen molar-refractivity contribution in [2.24, 2.45) is 0 Å². The van der Waals surface area contributed by atoms with Crippen LogP contribution in [0.25, 0.3) is 0 Å². The minimum Gasteiger partial charge on any atom is -0.481 e. The summed E-state index contributed by atoms with van der Waals surface area (Å²) in [5.41, 5.74) is 0. The quantitative estimate of drug-likeness (QED) is 0.0673. The van der Waals surface area contributed by atoms with E-state index in [2.05, 4.69) is 31.2 Å². The fourth-order valence-electron chi connectivity index (χ4n) is 2.20. The summed E-state index contributed by atoms with van der Waals surface area (Å²) in [5.74, 6) is -0.671. The molecule has 36 heavy (non-hydrogen) atoms. The van der Waals surface area contributed by atoms with E-state index in [1.54, 1.807) is 0 Å². The SMILES string of the molecule is CCCCC/C=C\C/C=C\CCCCCCCC(=O)O.OB(O)O.OCC(O)CO.OCC(O)CO. The highest BCUT2D eigenvalue weighted by molar-refractivity contribution is 6.30. The van der Waals surface area contributed by atoms with Gasteiger partial charge in [0.2, 0.25) is 0 Å². The molecule has 0 amide bonds. The Morgan fingerprint density at radius 2 is 1.03 bits per heavy atom. The number of unbranched alkanes of at least 4 members (excludes halogenated alkanes) is 8. The van der Waals surface area contributed by atoms with Crippen LogP contribution < -0.4 is 0 Å². The van der Waals surface area contributed by atoms with E-state index in [-0.39, 0.29) is 26.4 Å². The molecule has 216 valence electrons. The lowest BCUT2D eigenvalue weighted by atomic mass is 10.1. The molecule has 0 bridgehead atoms. The summed E-state index contributed by atoms with van der Waals surface area (Å²) in [5, 5.41) is 78.0. The normalized spacial score (nSPS) is 10.6. The van der Waals surface area contributed by atoms with Gasteiger partial charge in [0.1, 0.15) is 12.2 Å². The molecular weight excluding hydrogens is 475 g/mol. The minimum atomic E-state index is -2.17. The third-order valence-corrected chi connectivity index (χ3v) is 4.18. The number of carbonyl (C=O) groups is 1. The molecule has 0 saturated carbocycles. The van der Waals surface area contributed by atoms with E-state index in [1.807, 2.05) is 0 Å². The van der Waals surface area contributed by atoms with Crippen molar-refractivity contribution in [3.05, 3.63) is 24.3 Å². The van der Waals surface area contributed by atoms with Crippen molar-refractivity contribution in [3.8, 4) is 0 Å². The lowest BCUT2D eigenvalue weighted by Crippen LogP contribution is -2.15. The first-order valence-electron chi connectivity index (χ1n) is 12.5. The molecule has 0 unspecified atom stereocenters. The standard InChI is InChI=1S/C18H32O2.2C3H8O3.BH3O3/c1-2-3-4-5-6-7-8-9-10-11-12-13-14-15-16-17-18(19)20;2*4-1-3(6)2-5;2-1(3)4/h6-7,9-10H,2-5,8,11-17H2,1H3,(H,19,20);2*3-6H,1-2H2;2-4H/b7-6-,10-9-;;;. The van der Waals surface area contributed by atoms with Gasteiger partial charge in [-0.15, -0.1) is 0 Å². The van der Waals surface area contributed by atoms with Crippen LogP contribution in [0.5, 0.6) is 0 Å². The first-order valence-corrected chi connectivity index (χ1v) is 12.5. The van der Waals surface area contributed by atoms with Gasteiger partial charge in [-0.25, -0.2) is 0 Å². The number of aliphatic carboxylic acids is 1. The van der Waals surface area contributed by atoms with Gasteiger partial charge in [-0.05, 0) is 38.5 Å². The lowest BCUT2D eigenvalue weighted by Gasteiger charge is -1.98. The summed E-state index contributed by atoms with van der Waals surface area (Å²) >= 11 is 0. The molecular formula is C24H51BO11. The highest BCUT2D eigenvalue weighted by atomic mass is 16.5. The summed E-state index contributed by atoms with van der Waals surface area (Å²) in [7, 11) is -2.17. The Morgan fingerprint density at radius 1 is 0.667 bits per heavy atom. The lowest BCUT2D eigenvalue weighted by molar-refractivity contribution is -0.137. The van der Waals surface area contributed by atoms with Crippen molar-refractivity contribution in [3.63, 3.8) is 0 Å². The summed E-state index contributed by atoms with van der Waals surface area (Å²) in [6, 6.07) is 0. The van der Waals surface area contributed by atoms with Crippen LogP contribution in [0.4, 0.5) is 0 Å². The number of aliphatic hydroxyl groups is 6. The van der Waals surface area contributed by atoms with Crippen LogP contribution in [0.3, 0.4) is 0 Å². The molecule has 0 aromatic heterocycles. The van der Waals surface area contributed by atoms with Crippen molar-refractivity contribution < 1.29 is 55.6 Å². The second-order valence-corrected chi connectivity index (χ2v) is 7.76. The first-order chi connectivity index (χ1) is 17.1. The van der Waals surface area contributed by atoms with Gasteiger partial charge in [-0.3, -0.25) is 4.79 Å². The molecule has 11 nitrogen and oxygen atoms in total. The zero-order chi connectivity index (χ0) is 28.5. The van der Waals surface area contributed by atoms with Crippen LogP contribution in [0.2, 0.25) is 0 Å². The molecule has 0 rings (SSSR count). The van der Waals surface area contributed by atoms with E-state index < -0.39 is 25.5 Å². The second-order valence-electron chi connectivity index (χ2n) is 7.76. The maximum Gasteiger partial charge on any atom is 0.631 e. The Kier molecular flexibility index (Phi) is 44.3. The Morgan fingerprint density at radius 3 is 1.36 bits per heavy atom. The first kappa shape index (κ1) is 41.8. The fraction of sp³-hybridized carbons (Fsp3) is 0.792. The third-order valence-electron chi connectivity index (χ3n) is 4.18. The van der Waals surface area contributed by atoms with Crippen LogP contribution in [-0.2, 0) is 4.79 Å². The highest BCUT2D eigenvalue weighted by Crippen LogP contribution is 2.08. The molecule has 0 aromatic rings. The topological polar surface area (TPSA) is 219 Å². The van der Waals surface area contributed by atoms with E-state index in [4.69, 9.17) is 50.8 Å². The van der Waals surface area contributed by atoms with Gasteiger partial charge in [0.25, 0.3) is 0 Å². The van der Waals surface area contributed by atoms with Gasteiger partial charge >= 0.3 is 13.3 Å². The minimum absolute atomic E-state index is 0.324. The van der Waals surface area contributed by atoms with Crippen LogP contribution in [0, 0.1) is 0 Å². The maximum absolute atomic E-state index is 10.3. The zero-order valence-electron chi connectivity index (χ0n) is 21.7. The molecule has 0 aromatic carbocycles. The van der Waals surface area contributed by atoms with Crippen LogP contribution in [0.15, 0.2) is 24.3 Å². The van der Waals surface area contributed by atoms with Crippen molar-refractivity contribution in [1.82, 2.24) is 0 Å². The van der Waals surface area contributed by atoms with Gasteiger partial charge in [0, 0.05) is 6.42 Å². The van der Waals surface area contributed by atoms with Gasteiger partial charge in [0.15, 0.2) is 0 Å². The average Bonchev–Trinajstić information content (AvgIpc) is 2.85. The predicted molar refractivity (Wildman–Crippen MR) is 140 cm³/mol. The van der Waals surface area contributed by atoms with Crippen LogP contribution in [-0.4, -0.2) is 103 Å². The molecule has 0 fully saturated rings. The molecule has 0 aliphatic carbocycles. The van der Waals surface area contributed by atoms with Gasteiger partial charge < -0.3 is 50.8 Å². The van der Waals surface area contributed by atoms with Gasteiger partial charge in [-0.2, -0.15) is 0 Å². The highest BCUT2D eigenvalue weighted by Gasteiger charge is 1.96. The van der Waals surface area contributed by atoms with Gasteiger partial charge in [-0.1, -0.05) is 63.3 Å². The maximum atomic E-state index is 10.3. The largest absolute Gasteiger partial charge is 0.631 e. The van der Waals surface area contributed by atoms with Crippen molar-refractivity contribution in [2.75, 3.05) is 26.4 Å². The summed E-state index contributed by atoms with van der Waals surface area (Å²) < 4.78 is 0. The number of allylic oxidation sites excluding steroid dienone is 4. The Labute approximate surface area is 216 Å². The van der Waals surface area contributed by atoms with E-state index in [1.165, 1.54) is 44.9 Å². The summed E-state index contributed by atoms with van der Waals surface area (Å²) in [6.07, 6.45) is 20.4. The second kappa shape index (κ2) is 38.2. The molecule has 0 aliphatic heterocycles. The Balaban J connectivity index is -0.000000258. The van der Waals surface area contributed by atoms with Gasteiger partial charge in [0.05, 0.1) is 26.4 Å². The number of carboxylic acid groups (broad SMARTS) is 1. The Hall–Kier alpha value is -1.35. The number of aliphatic hydroxyl groups excluding tert-OH is 6. The van der Waals surface area contributed by atoms with Crippen molar-refractivity contribution in [1.29, 1.82) is 0 Å². The summed E-state index contributed by atoms with van der Waals surface area (Å²) in [4.78, 5) is 10.3. The predicted octanol–water partition coefficient (Wildman–Crippen LogP) is 0.496. The van der Waals surface area contributed by atoms with Crippen LogP contribution >= 0.6 is 0 Å². The van der Waals surface area contributed by atoms with Crippen molar-refractivity contribution >= 4 is 13.3 Å².